The van der Waals surface area contributed by atoms with Gasteiger partial charge in [0.1, 0.15) is 9.84 Å². The average molecular weight is 247 g/mol. The molecule has 1 atom stereocenters. The van der Waals surface area contributed by atoms with Crippen molar-refractivity contribution in [2.75, 3.05) is 19.1 Å². The smallest absolute Gasteiger partial charge is 0.161 e. The second kappa shape index (κ2) is 4.84. The van der Waals surface area contributed by atoms with E-state index >= 15 is 0 Å². The lowest BCUT2D eigenvalue weighted by molar-refractivity contribution is 0.403. The van der Waals surface area contributed by atoms with E-state index in [9.17, 15) is 8.42 Å². The molecule has 0 aliphatic carbocycles. The summed E-state index contributed by atoms with van der Waals surface area (Å²) < 4.78 is 29.1. The van der Waals surface area contributed by atoms with Gasteiger partial charge in [0.15, 0.2) is 5.75 Å². The minimum absolute atomic E-state index is 0.116. The molecule has 1 aromatic rings. The maximum absolute atomic E-state index is 11.2. The largest absolute Gasteiger partial charge is 0.493 e. The van der Waals surface area contributed by atoms with E-state index in [0.717, 1.165) is 6.26 Å². The zero-order valence-electron chi connectivity index (χ0n) is 9.67. The van der Waals surface area contributed by atoms with E-state index in [1.165, 1.54) is 7.11 Å². The van der Waals surface area contributed by atoms with Crippen LogP contribution in [0.3, 0.4) is 0 Å². The molecule has 0 aliphatic heterocycles. The normalized spacial score (nSPS) is 13.8. The van der Waals surface area contributed by atoms with Crippen LogP contribution in [-0.4, -0.2) is 37.3 Å². The summed E-state index contributed by atoms with van der Waals surface area (Å²) in [5.41, 5.74) is 6.48. The van der Waals surface area contributed by atoms with Crippen LogP contribution in [0.15, 0.2) is 6.20 Å². The van der Waals surface area contributed by atoms with Crippen LogP contribution in [0.5, 0.6) is 5.75 Å². The van der Waals surface area contributed by atoms with Crippen LogP contribution in [0.4, 0.5) is 0 Å². The molecule has 0 saturated heterocycles. The van der Waals surface area contributed by atoms with Crippen LogP contribution >= 0.6 is 0 Å². The summed E-state index contributed by atoms with van der Waals surface area (Å²) in [7, 11) is -1.61. The first kappa shape index (κ1) is 13.0. The Bertz CT molecular complexity index is 431. The zero-order chi connectivity index (χ0) is 12.3. The number of aromatic nitrogens is 2. The molecular formula is C9H17N3O3S. The van der Waals surface area contributed by atoms with Gasteiger partial charge in [0.2, 0.25) is 0 Å². The van der Waals surface area contributed by atoms with Gasteiger partial charge < -0.3 is 10.5 Å². The highest BCUT2D eigenvalue weighted by Gasteiger charge is 2.21. The van der Waals surface area contributed by atoms with Gasteiger partial charge in [-0.05, 0) is 6.92 Å². The molecule has 1 heterocycles. The van der Waals surface area contributed by atoms with Gasteiger partial charge in [-0.2, -0.15) is 5.10 Å². The number of rotatable bonds is 5. The third-order valence-electron chi connectivity index (χ3n) is 2.20. The number of hydrogen-bond acceptors (Lipinski definition) is 5. The molecule has 6 nitrogen and oxygen atoms in total. The molecule has 16 heavy (non-hydrogen) atoms. The molecule has 1 rings (SSSR count). The van der Waals surface area contributed by atoms with Gasteiger partial charge in [-0.25, -0.2) is 8.42 Å². The lowest BCUT2D eigenvalue weighted by atomic mass is 10.2. The first-order valence-corrected chi connectivity index (χ1v) is 6.98. The van der Waals surface area contributed by atoms with Gasteiger partial charge in [-0.15, -0.1) is 0 Å². The topological polar surface area (TPSA) is 87.2 Å². The van der Waals surface area contributed by atoms with Gasteiger partial charge in [0.05, 0.1) is 30.8 Å². The van der Waals surface area contributed by atoms with E-state index in [0.29, 0.717) is 18.0 Å². The van der Waals surface area contributed by atoms with Gasteiger partial charge in [-0.1, -0.05) is 0 Å². The number of methoxy groups -OCH3 is 1. The molecule has 2 N–H and O–H groups in total. The summed E-state index contributed by atoms with van der Waals surface area (Å²) >= 11 is 0. The third-order valence-corrected chi connectivity index (χ3v) is 3.16. The van der Waals surface area contributed by atoms with E-state index in [-0.39, 0.29) is 5.75 Å². The van der Waals surface area contributed by atoms with E-state index in [1.807, 2.05) is 6.92 Å². The Labute approximate surface area is 95.3 Å². The van der Waals surface area contributed by atoms with Crippen LogP contribution in [-0.2, 0) is 16.4 Å². The van der Waals surface area contributed by atoms with Gasteiger partial charge in [0, 0.05) is 12.8 Å². The Morgan fingerprint density at radius 3 is 2.69 bits per heavy atom. The molecule has 92 valence electrons. The van der Waals surface area contributed by atoms with Gasteiger partial charge >= 0.3 is 0 Å². The van der Waals surface area contributed by atoms with Crippen molar-refractivity contribution in [3.8, 4) is 5.75 Å². The van der Waals surface area contributed by atoms with Crippen molar-refractivity contribution in [2.45, 2.75) is 19.5 Å². The Kier molecular flexibility index (Phi) is 3.93. The van der Waals surface area contributed by atoms with E-state index < -0.39 is 15.9 Å². The Hall–Kier alpha value is -1.08. The second-order valence-corrected chi connectivity index (χ2v) is 5.80. The molecule has 0 amide bonds. The molecule has 7 heteroatoms. The molecule has 0 saturated carbocycles. The van der Waals surface area contributed by atoms with E-state index in [4.69, 9.17) is 10.5 Å². The highest BCUT2D eigenvalue weighted by atomic mass is 32.2. The number of sulfone groups is 1. The molecule has 1 aromatic heterocycles. The molecule has 0 aliphatic rings. The van der Waals surface area contributed by atoms with Crippen molar-refractivity contribution in [1.29, 1.82) is 0 Å². The Morgan fingerprint density at radius 1 is 1.62 bits per heavy atom. The Morgan fingerprint density at radius 2 is 2.25 bits per heavy atom. The number of ether oxygens (including phenoxy) is 1. The predicted octanol–water partition coefficient (Wildman–Crippen LogP) is -0.0440. The summed E-state index contributed by atoms with van der Waals surface area (Å²) in [5, 5.41) is 4.07. The maximum atomic E-state index is 11.2. The third kappa shape index (κ3) is 2.96. The van der Waals surface area contributed by atoms with Crippen molar-refractivity contribution in [2.24, 2.45) is 5.73 Å². The summed E-state index contributed by atoms with van der Waals surface area (Å²) in [6.45, 7) is 2.53. The second-order valence-electron chi connectivity index (χ2n) is 3.61. The number of nitrogens with zero attached hydrogens (tertiary/aromatic N) is 2. The Balaban J connectivity index is 3.05. The van der Waals surface area contributed by atoms with Gasteiger partial charge in [-0.3, -0.25) is 4.68 Å². The SMILES string of the molecule is CCn1ncc(OC)c1C(N)CS(C)(=O)=O. The molecule has 0 bridgehead atoms. The van der Waals surface area contributed by atoms with Gasteiger partial charge in [0.25, 0.3) is 0 Å². The van der Waals surface area contributed by atoms with Crippen molar-refractivity contribution in [3.63, 3.8) is 0 Å². The highest BCUT2D eigenvalue weighted by Crippen LogP contribution is 2.24. The number of hydrogen-bond donors (Lipinski definition) is 1. The van der Waals surface area contributed by atoms with Crippen LogP contribution in [0.2, 0.25) is 0 Å². The van der Waals surface area contributed by atoms with Crippen LogP contribution in [0, 0.1) is 0 Å². The minimum Gasteiger partial charge on any atom is -0.493 e. The summed E-state index contributed by atoms with van der Waals surface area (Å²) in [6, 6.07) is -0.618. The molecule has 0 fully saturated rings. The van der Waals surface area contributed by atoms with E-state index in [1.54, 1.807) is 10.9 Å². The quantitative estimate of drug-likeness (QED) is 0.788. The average Bonchev–Trinajstić information content (AvgIpc) is 2.57. The molecule has 0 spiro atoms. The summed E-state index contributed by atoms with van der Waals surface area (Å²) in [4.78, 5) is 0. The fraction of sp³-hybridized carbons (Fsp3) is 0.667. The standard InChI is InChI=1S/C9H17N3O3S/c1-4-12-9(8(15-2)5-11-12)7(10)6-16(3,13)14/h5,7H,4,6,10H2,1-3H3. The van der Waals surface area contributed by atoms with Crippen molar-refractivity contribution in [3.05, 3.63) is 11.9 Å². The molecular weight excluding hydrogens is 230 g/mol. The van der Waals surface area contributed by atoms with Crippen LogP contribution in [0.1, 0.15) is 18.7 Å². The highest BCUT2D eigenvalue weighted by molar-refractivity contribution is 7.90. The lowest BCUT2D eigenvalue weighted by Gasteiger charge is -2.13. The van der Waals surface area contributed by atoms with Crippen molar-refractivity contribution < 1.29 is 13.2 Å². The van der Waals surface area contributed by atoms with Crippen molar-refractivity contribution >= 4 is 9.84 Å². The zero-order valence-corrected chi connectivity index (χ0v) is 10.5. The fourth-order valence-electron chi connectivity index (χ4n) is 1.57. The number of aryl methyl sites for hydroxylation is 1. The number of nitrogens with two attached hydrogens (primary N) is 1. The summed E-state index contributed by atoms with van der Waals surface area (Å²) in [5.74, 6) is 0.410. The molecule has 0 aromatic carbocycles. The fourth-order valence-corrected chi connectivity index (χ4v) is 2.38. The molecule has 0 radical (unpaired) electrons. The van der Waals surface area contributed by atoms with Crippen molar-refractivity contribution in [1.82, 2.24) is 9.78 Å². The van der Waals surface area contributed by atoms with Crippen LogP contribution < -0.4 is 10.5 Å². The first-order chi connectivity index (χ1) is 7.39. The maximum Gasteiger partial charge on any atom is 0.161 e. The first-order valence-electron chi connectivity index (χ1n) is 4.92. The predicted molar refractivity (Wildman–Crippen MR) is 61.1 cm³/mol. The van der Waals surface area contributed by atoms with E-state index in [2.05, 4.69) is 5.10 Å². The molecule has 1 unspecified atom stereocenters. The minimum atomic E-state index is -3.12. The lowest BCUT2D eigenvalue weighted by Crippen LogP contribution is -2.24. The van der Waals surface area contributed by atoms with Crippen LogP contribution in [0.25, 0.3) is 0 Å². The monoisotopic (exact) mass is 247 g/mol. The summed E-state index contributed by atoms with van der Waals surface area (Å²) in [6.07, 6.45) is 2.70.